The van der Waals surface area contributed by atoms with E-state index in [0.717, 1.165) is 24.8 Å². The van der Waals surface area contributed by atoms with Gasteiger partial charge in [0.1, 0.15) is 0 Å². The zero-order valence-corrected chi connectivity index (χ0v) is 21.6. The summed E-state index contributed by atoms with van der Waals surface area (Å²) in [6, 6.07) is 12.2. The van der Waals surface area contributed by atoms with E-state index in [4.69, 9.17) is 0 Å². The molecule has 0 fully saturated rings. The molecule has 0 unspecified atom stereocenters. The summed E-state index contributed by atoms with van der Waals surface area (Å²) < 4.78 is 0. The summed E-state index contributed by atoms with van der Waals surface area (Å²) in [5.41, 5.74) is 1.98. The lowest BCUT2D eigenvalue weighted by Gasteiger charge is -2.11. The molecule has 0 amide bonds. The minimum atomic E-state index is -1.23. The molecule has 9 nitrogen and oxygen atoms in total. The lowest BCUT2D eigenvalue weighted by atomic mass is 10.00. The second-order valence-corrected chi connectivity index (χ2v) is 9.40. The van der Waals surface area contributed by atoms with Gasteiger partial charge in [0.15, 0.2) is 0 Å². The number of aryl methyl sites for hydroxylation is 1. The van der Waals surface area contributed by atoms with E-state index in [2.05, 4.69) is 21.9 Å². The first kappa shape index (κ1) is 27.4. The summed E-state index contributed by atoms with van der Waals surface area (Å²) in [6.07, 6.45) is 9.14. The quantitative estimate of drug-likeness (QED) is 0.179. The molecule has 4 rings (SSSR count). The van der Waals surface area contributed by atoms with Crippen LogP contribution in [0.5, 0.6) is 0 Å². The Bertz CT molecular complexity index is 1550. The van der Waals surface area contributed by atoms with Gasteiger partial charge in [0.05, 0.1) is 45.0 Å². The van der Waals surface area contributed by atoms with Gasteiger partial charge in [0, 0.05) is 11.6 Å². The molecule has 3 heterocycles. The normalized spacial score (nSPS) is 11.0. The van der Waals surface area contributed by atoms with Crippen LogP contribution >= 0.6 is 0 Å². The lowest BCUT2D eigenvalue weighted by Crippen LogP contribution is -2.04. The van der Waals surface area contributed by atoms with Crippen LogP contribution in [0.15, 0.2) is 54.7 Å². The number of aromatic carboxylic acids is 3. The highest BCUT2D eigenvalue weighted by molar-refractivity contribution is 6.04. The first-order valence-electron chi connectivity index (χ1n) is 12.9. The zero-order chi connectivity index (χ0) is 27.9. The highest BCUT2D eigenvalue weighted by Gasteiger charge is 2.18. The number of pyridine rings is 3. The molecule has 3 N–H and O–H groups in total. The predicted octanol–water partition coefficient (Wildman–Crippen LogP) is 6.36. The first-order valence-corrected chi connectivity index (χ1v) is 12.9. The Hall–Kier alpha value is -4.66. The molecule has 0 radical (unpaired) electrons. The van der Waals surface area contributed by atoms with Gasteiger partial charge >= 0.3 is 17.9 Å². The van der Waals surface area contributed by atoms with Crippen molar-refractivity contribution in [3.8, 4) is 22.8 Å². The summed E-state index contributed by atoms with van der Waals surface area (Å²) >= 11 is 0. The number of hydrogen-bond acceptors (Lipinski definition) is 6. The minimum absolute atomic E-state index is 0.0298. The first-order chi connectivity index (χ1) is 18.8. The highest BCUT2D eigenvalue weighted by Crippen LogP contribution is 2.28. The van der Waals surface area contributed by atoms with Gasteiger partial charge in [-0.2, -0.15) is 0 Å². The van der Waals surface area contributed by atoms with Crippen molar-refractivity contribution in [2.45, 2.75) is 51.9 Å². The monoisotopic (exact) mass is 527 g/mol. The molecular formula is C30H29N3O6. The van der Waals surface area contributed by atoms with Crippen molar-refractivity contribution in [2.75, 3.05) is 0 Å². The van der Waals surface area contributed by atoms with Gasteiger partial charge in [-0.15, -0.1) is 0 Å². The van der Waals surface area contributed by atoms with Crippen LogP contribution in [0.25, 0.3) is 33.7 Å². The lowest BCUT2D eigenvalue weighted by molar-refractivity contribution is 0.0686. The summed E-state index contributed by atoms with van der Waals surface area (Å²) in [5.74, 6) is -3.52. The molecular weight excluding hydrogens is 498 g/mol. The Morgan fingerprint density at radius 2 is 1.31 bits per heavy atom. The van der Waals surface area contributed by atoms with Crippen molar-refractivity contribution in [1.29, 1.82) is 0 Å². The van der Waals surface area contributed by atoms with Crippen LogP contribution in [0.1, 0.15) is 82.1 Å². The Morgan fingerprint density at radius 3 is 2.00 bits per heavy atom. The molecule has 4 aromatic rings. The number of benzene rings is 1. The fourth-order valence-electron chi connectivity index (χ4n) is 4.47. The van der Waals surface area contributed by atoms with Crippen molar-refractivity contribution in [1.82, 2.24) is 15.0 Å². The number of carbonyl (C=O) groups is 3. The summed E-state index contributed by atoms with van der Waals surface area (Å²) in [7, 11) is 0. The van der Waals surface area contributed by atoms with E-state index in [1.807, 2.05) is 12.1 Å². The van der Waals surface area contributed by atoms with Crippen molar-refractivity contribution < 1.29 is 29.7 Å². The van der Waals surface area contributed by atoms with Crippen molar-refractivity contribution in [2.24, 2.45) is 0 Å². The van der Waals surface area contributed by atoms with E-state index >= 15 is 0 Å². The predicted molar refractivity (Wildman–Crippen MR) is 146 cm³/mol. The van der Waals surface area contributed by atoms with E-state index in [9.17, 15) is 29.7 Å². The van der Waals surface area contributed by atoms with Gasteiger partial charge in [0.25, 0.3) is 0 Å². The Balaban J connectivity index is 1.73. The molecule has 3 aromatic heterocycles. The Kier molecular flexibility index (Phi) is 8.60. The SMILES string of the molecule is CCCCCCCCc1ccc2nc(-c3cc(C(=O)O)cc(-c4cc(C(=O)O)ccn4)n3)cc(C(=O)O)c2c1. The van der Waals surface area contributed by atoms with Crippen LogP contribution in [-0.2, 0) is 6.42 Å². The van der Waals surface area contributed by atoms with E-state index < -0.39 is 17.9 Å². The van der Waals surface area contributed by atoms with Crippen LogP contribution in [0.4, 0.5) is 0 Å². The standard InChI is InChI=1S/C30H29N3O6/c1-2-3-4-5-6-7-8-18-9-10-23-21(13-18)22(30(38)39)17-27(32-23)26-16-20(29(36)37)15-25(33-26)24-14-19(28(34)35)11-12-31-24/h9-17H,2-8H2,1H3,(H,34,35)(H,36,37)(H,38,39). The molecule has 0 saturated heterocycles. The maximum absolute atomic E-state index is 12.2. The number of fused-ring (bicyclic) bond motifs is 1. The summed E-state index contributed by atoms with van der Waals surface area (Å²) in [5, 5.41) is 29.5. The number of nitrogens with zero attached hydrogens (tertiary/aromatic N) is 3. The van der Waals surface area contributed by atoms with E-state index in [1.54, 1.807) is 6.07 Å². The molecule has 1 aromatic carbocycles. The van der Waals surface area contributed by atoms with Gasteiger partial charge in [0.2, 0.25) is 0 Å². The molecule has 0 aliphatic heterocycles. The van der Waals surface area contributed by atoms with Gasteiger partial charge in [-0.3, -0.25) is 4.98 Å². The second-order valence-electron chi connectivity index (χ2n) is 9.40. The zero-order valence-electron chi connectivity index (χ0n) is 21.6. The van der Waals surface area contributed by atoms with Crippen LogP contribution < -0.4 is 0 Å². The smallest absolute Gasteiger partial charge is 0.336 e. The van der Waals surface area contributed by atoms with E-state index in [0.29, 0.717) is 10.9 Å². The van der Waals surface area contributed by atoms with Crippen molar-refractivity contribution in [3.05, 3.63) is 77.0 Å². The van der Waals surface area contributed by atoms with Crippen LogP contribution in [-0.4, -0.2) is 48.2 Å². The molecule has 0 saturated carbocycles. The number of aromatic nitrogens is 3. The molecule has 0 aliphatic rings. The second kappa shape index (κ2) is 12.3. The molecule has 0 atom stereocenters. The topological polar surface area (TPSA) is 151 Å². The van der Waals surface area contributed by atoms with E-state index in [1.165, 1.54) is 62.2 Å². The molecule has 0 spiro atoms. The largest absolute Gasteiger partial charge is 0.478 e. The molecule has 9 heteroatoms. The third-order valence-corrected chi connectivity index (χ3v) is 6.53. The van der Waals surface area contributed by atoms with Gasteiger partial charge in [-0.25, -0.2) is 24.4 Å². The van der Waals surface area contributed by atoms with Crippen LogP contribution in [0, 0.1) is 0 Å². The third-order valence-electron chi connectivity index (χ3n) is 6.53. The van der Waals surface area contributed by atoms with Gasteiger partial charge in [-0.1, -0.05) is 45.1 Å². The molecule has 0 bridgehead atoms. The number of rotatable bonds is 12. The molecule has 39 heavy (non-hydrogen) atoms. The highest BCUT2D eigenvalue weighted by atomic mass is 16.4. The van der Waals surface area contributed by atoms with E-state index in [-0.39, 0.29) is 39.5 Å². The van der Waals surface area contributed by atoms with Crippen molar-refractivity contribution in [3.63, 3.8) is 0 Å². The average molecular weight is 528 g/mol. The number of hydrogen-bond donors (Lipinski definition) is 3. The number of carboxylic acid groups (broad SMARTS) is 3. The Labute approximate surface area is 225 Å². The fourth-order valence-corrected chi connectivity index (χ4v) is 4.47. The van der Waals surface area contributed by atoms with Crippen molar-refractivity contribution >= 4 is 28.8 Å². The fraction of sp³-hybridized carbons (Fsp3) is 0.267. The minimum Gasteiger partial charge on any atom is -0.478 e. The maximum Gasteiger partial charge on any atom is 0.336 e. The average Bonchev–Trinajstić information content (AvgIpc) is 2.94. The number of carboxylic acids is 3. The summed E-state index contributed by atoms with van der Waals surface area (Å²) in [4.78, 5) is 48.7. The van der Waals surface area contributed by atoms with Gasteiger partial charge in [-0.05, 0) is 60.9 Å². The molecule has 200 valence electrons. The number of unbranched alkanes of at least 4 members (excludes halogenated alkanes) is 5. The Morgan fingerprint density at radius 1 is 0.667 bits per heavy atom. The maximum atomic E-state index is 12.2. The van der Waals surface area contributed by atoms with Gasteiger partial charge < -0.3 is 15.3 Å². The van der Waals surface area contributed by atoms with Crippen LogP contribution in [0.3, 0.4) is 0 Å². The molecule has 0 aliphatic carbocycles. The van der Waals surface area contributed by atoms with Crippen LogP contribution in [0.2, 0.25) is 0 Å². The summed E-state index contributed by atoms with van der Waals surface area (Å²) in [6.45, 7) is 2.18. The third kappa shape index (κ3) is 6.62.